The summed E-state index contributed by atoms with van der Waals surface area (Å²) in [5.74, 6) is 1.09. The Labute approximate surface area is 242 Å². The second kappa shape index (κ2) is 13.1. The topological polar surface area (TPSA) is 182 Å². The second-order valence-corrected chi connectivity index (χ2v) is 8.77. The minimum Gasteiger partial charge on any atom is -0.495 e. The van der Waals surface area contributed by atoms with Crippen molar-refractivity contribution in [3.63, 3.8) is 0 Å². The molecule has 0 aliphatic rings. The number of hydrazone groups is 2. The molecule has 3 N–H and O–H groups in total. The molecule has 0 fully saturated rings. The number of rotatable bonds is 11. The molecule has 0 unspecified atom stereocenters. The van der Waals surface area contributed by atoms with Crippen molar-refractivity contribution in [1.82, 2.24) is 9.97 Å². The van der Waals surface area contributed by atoms with Gasteiger partial charge in [-0.1, -0.05) is 35.3 Å². The Kier molecular flexibility index (Phi) is 9.19. The van der Waals surface area contributed by atoms with Gasteiger partial charge >= 0.3 is 0 Å². The largest absolute Gasteiger partial charge is 0.495 e. The van der Waals surface area contributed by atoms with Gasteiger partial charge in [0.15, 0.2) is 11.6 Å². The Balaban J connectivity index is 1.61. The number of methoxy groups -OCH3 is 1. The fraction of sp³-hybridized carbons (Fsp3) is 0.0400. The predicted octanol–water partition coefficient (Wildman–Crippen LogP) is 6.24. The van der Waals surface area contributed by atoms with Crippen LogP contribution >= 0.6 is 23.2 Å². The first-order valence-electron chi connectivity index (χ1n) is 11.5. The first-order chi connectivity index (χ1) is 19.7. The SMILES string of the molecule is COc1ccccc1Nc1nc(NN=Cc2cc([N+](=O)[O-])ccc2Cl)cc(NN=Cc2cc([N+](=O)[O-])ccc2Cl)n1. The van der Waals surface area contributed by atoms with Crippen molar-refractivity contribution in [2.75, 3.05) is 23.3 Å². The normalized spacial score (nSPS) is 11.0. The van der Waals surface area contributed by atoms with Gasteiger partial charge in [-0.2, -0.15) is 20.2 Å². The molecule has 0 amide bonds. The molecule has 0 saturated heterocycles. The van der Waals surface area contributed by atoms with Crippen LogP contribution in [-0.4, -0.2) is 39.4 Å². The molecule has 0 atom stereocenters. The lowest BCUT2D eigenvalue weighted by molar-refractivity contribution is -0.385. The number of anilines is 4. The number of nitrogens with one attached hydrogen (secondary N) is 3. The number of halogens is 2. The molecule has 4 rings (SSSR count). The summed E-state index contributed by atoms with van der Waals surface area (Å²) in [6.45, 7) is 0. The lowest BCUT2D eigenvalue weighted by Gasteiger charge is -2.11. The summed E-state index contributed by atoms with van der Waals surface area (Å²) in [4.78, 5) is 29.9. The van der Waals surface area contributed by atoms with Crippen LogP contribution in [0.25, 0.3) is 0 Å². The van der Waals surface area contributed by atoms with E-state index in [0.717, 1.165) is 0 Å². The van der Waals surface area contributed by atoms with E-state index in [9.17, 15) is 20.2 Å². The molecule has 14 nitrogen and oxygen atoms in total. The van der Waals surface area contributed by atoms with E-state index in [4.69, 9.17) is 27.9 Å². The number of nitro groups is 2. The van der Waals surface area contributed by atoms with Crippen LogP contribution < -0.4 is 20.9 Å². The maximum atomic E-state index is 11.1. The van der Waals surface area contributed by atoms with Crippen LogP contribution in [0.5, 0.6) is 5.75 Å². The van der Waals surface area contributed by atoms with E-state index in [1.54, 1.807) is 24.3 Å². The van der Waals surface area contributed by atoms with E-state index in [2.05, 4.69) is 36.3 Å². The Bertz CT molecular complexity index is 1570. The highest BCUT2D eigenvalue weighted by Crippen LogP contribution is 2.27. The highest BCUT2D eigenvalue weighted by atomic mass is 35.5. The molecular weight excluding hydrogens is 577 g/mol. The molecule has 1 aromatic heterocycles. The maximum absolute atomic E-state index is 11.1. The summed E-state index contributed by atoms with van der Waals surface area (Å²) in [5, 5.41) is 33.9. The van der Waals surface area contributed by atoms with E-state index >= 15 is 0 Å². The van der Waals surface area contributed by atoms with Crippen LogP contribution in [0, 0.1) is 20.2 Å². The van der Waals surface area contributed by atoms with Gasteiger partial charge in [-0.3, -0.25) is 31.1 Å². The molecular formula is C25H19Cl2N9O5. The third-order valence-electron chi connectivity index (χ3n) is 5.23. The number of ether oxygens (including phenoxy) is 1. The lowest BCUT2D eigenvalue weighted by atomic mass is 10.2. The first-order valence-corrected chi connectivity index (χ1v) is 12.2. The number of benzene rings is 3. The van der Waals surface area contributed by atoms with Crippen LogP contribution in [0.2, 0.25) is 10.0 Å². The fourth-order valence-electron chi connectivity index (χ4n) is 3.31. The Morgan fingerprint density at radius 1 is 0.805 bits per heavy atom. The third kappa shape index (κ3) is 7.62. The summed E-state index contributed by atoms with van der Waals surface area (Å²) in [6.07, 6.45) is 2.61. The van der Waals surface area contributed by atoms with E-state index in [1.165, 1.54) is 62.0 Å². The van der Waals surface area contributed by atoms with E-state index in [1.807, 2.05) is 0 Å². The monoisotopic (exact) mass is 595 g/mol. The van der Waals surface area contributed by atoms with Gasteiger partial charge in [0, 0.05) is 51.5 Å². The van der Waals surface area contributed by atoms with Crippen molar-refractivity contribution < 1.29 is 14.6 Å². The van der Waals surface area contributed by atoms with E-state index in [0.29, 0.717) is 22.6 Å². The highest BCUT2D eigenvalue weighted by molar-refractivity contribution is 6.33. The van der Waals surface area contributed by atoms with Crippen LogP contribution in [0.3, 0.4) is 0 Å². The zero-order valence-corrected chi connectivity index (χ0v) is 22.5. The van der Waals surface area contributed by atoms with E-state index < -0.39 is 9.85 Å². The number of hydrogen-bond acceptors (Lipinski definition) is 12. The summed E-state index contributed by atoms with van der Waals surface area (Å²) >= 11 is 12.3. The predicted molar refractivity (Wildman–Crippen MR) is 157 cm³/mol. The Hall–Kier alpha value is -5.34. The molecule has 41 heavy (non-hydrogen) atoms. The minimum atomic E-state index is -0.541. The molecule has 0 aliphatic heterocycles. The molecule has 0 saturated carbocycles. The van der Waals surface area contributed by atoms with Gasteiger partial charge in [-0.15, -0.1) is 0 Å². The minimum absolute atomic E-state index is 0.133. The van der Waals surface area contributed by atoms with Crippen LogP contribution in [-0.2, 0) is 0 Å². The quantitative estimate of drug-likeness (QED) is 0.102. The van der Waals surface area contributed by atoms with Crippen molar-refractivity contribution in [2.24, 2.45) is 10.2 Å². The molecule has 0 aliphatic carbocycles. The average molecular weight is 596 g/mol. The van der Waals surface area contributed by atoms with Gasteiger partial charge in [0.1, 0.15) is 5.75 Å². The summed E-state index contributed by atoms with van der Waals surface area (Å²) in [5.41, 5.74) is 6.38. The number of hydrogen-bond donors (Lipinski definition) is 3. The van der Waals surface area contributed by atoms with Crippen LogP contribution in [0.1, 0.15) is 11.1 Å². The highest BCUT2D eigenvalue weighted by Gasteiger charge is 2.11. The van der Waals surface area contributed by atoms with Gasteiger partial charge < -0.3 is 10.1 Å². The molecule has 208 valence electrons. The molecule has 0 bridgehead atoms. The summed E-state index contributed by atoms with van der Waals surface area (Å²) in [6, 6.07) is 16.5. The lowest BCUT2D eigenvalue weighted by Crippen LogP contribution is -2.05. The molecule has 16 heteroatoms. The fourth-order valence-corrected chi connectivity index (χ4v) is 3.64. The summed E-state index contributed by atoms with van der Waals surface area (Å²) in [7, 11) is 1.52. The number of nitrogens with zero attached hydrogens (tertiary/aromatic N) is 6. The zero-order chi connectivity index (χ0) is 29.4. The van der Waals surface area contributed by atoms with E-state index in [-0.39, 0.29) is 39.0 Å². The molecule has 0 spiro atoms. The Morgan fingerprint density at radius 3 is 1.80 bits per heavy atom. The van der Waals surface area contributed by atoms with Gasteiger partial charge in [0.05, 0.1) is 35.1 Å². The zero-order valence-electron chi connectivity index (χ0n) is 21.0. The first kappa shape index (κ1) is 28.7. The number of non-ortho nitro benzene ring substituents is 2. The Morgan fingerprint density at radius 2 is 1.32 bits per heavy atom. The van der Waals surface area contributed by atoms with Crippen LogP contribution in [0.4, 0.5) is 34.6 Å². The van der Waals surface area contributed by atoms with Gasteiger partial charge in [-0.05, 0) is 24.3 Å². The van der Waals surface area contributed by atoms with Crippen LogP contribution in [0.15, 0.2) is 76.9 Å². The molecule has 3 aromatic carbocycles. The van der Waals surface area contributed by atoms with Crippen molar-refractivity contribution in [2.45, 2.75) is 0 Å². The van der Waals surface area contributed by atoms with Crippen molar-refractivity contribution in [3.05, 3.63) is 108 Å². The smallest absolute Gasteiger partial charge is 0.270 e. The maximum Gasteiger partial charge on any atom is 0.270 e. The standard InChI is InChI=1S/C25H19Cl2N9O5/c1-41-22-5-3-2-4-21(22)30-25-31-23(33-28-13-15-10-17(35(37)38)6-8-19(15)26)12-24(32-25)34-29-14-16-11-18(36(39)40)7-9-20(16)27/h2-14H,1H3,(H3,30,31,32,33,34). The molecule has 0 radical (unpaired) electrons. The molecule has 4 aromatic rings. The van der Waals surface area contributed by atoms with Crippen molar-refractivity contribution in [3.8, 4) is 5.75 Å². The number of aromatic nitrogens is 2. The molecule has 1 heterocycles. The van der Waals surface area contributed by atoms with Gasteiger partial charge in [0.2, 0.25) is 5.95 Å². The third-order valence-corrected chi connectivity index (χ3v) is 5.91. The average Bonchev–Trinajstić information content (AvgIpc) is 2.95. The van der Waals surface area contributed by atoms with Crippen molar-refractivity contribution >= 4 is 70.3 Å². The number of para-hydroxylation sites is 2. The summed E-state index contributed by atoms with van der Waals surface area (Å²) < 4.78 is 5.36. The van der Waals surface area contributed by atoms with Gasteiger partial charge in [0.25, 0.3) is 11.4 Å². The van der Waals surface area contributed by atoms with Crippen molar-refractivity contribution in [1.29, 1.82) is 0 Å². The number of nitro benzene ring substituents is 2. The second-order valence-electron chi connectivity index (χ2n) is 7.95. The van der Waals surface area contributed by atoms with Gasteiger partial charge in [-0.25, -0.2) is 0 Å².